The van der Waals surface area contributed by atoms with Crippen LogP contribution in [0.25, 0.3) is 0 Å². The number of carbonyl (C=O) groups excluding carboxylic acids is 1. The third-order valence-corrected chi connectivity index (χ3v) is 4.43. The van der Waals surface area contributed by atoms with E-state index in [1.165, 1.54) is 57.8 Å². The van der Waals surface area contributed by atoms with Crippen LogP contribution in [-0.4, -0.2) is 37.0 Å². The van der Waals surface area contributed by atoms with Crippen molar-refractivity contribution in [2.45, 2.75) is 110 Å². The number of hydrogen-bond acceptors (Lipinski definition) is 4. The van der Waals surface area contributed by atoms with Crippen LogP contribution in [-0.2, 0) is 14.3 Å². The second-order valence-electron chi connectivity index (χ2n) is 7.01. The number of carbonyl (C=O) groups is 1. The van der Waals surface area contributed by atoms with Gasteiger partial charge in [-0.15, -0.1) is 0 Å². The van der Waals surface area contributed by atoms with Gasteiger partial charge in [0.1, 0.15) is 6.10 Å². The van der Waals surface area contributed by atoms with Crippen LogP contribution >= 0.6 is 0 Å². The summed E-state index contributed by atoms with van der Waals surface area (Å²) in [4.78, 5) is 11.6. The highest BCUT2D eigenvalue weighted by Gasteiger charge is 2.13. The predicted octanol–water partition coefficient (Wildman–Crippen LogP) is 5.41. The predicted molar refractivity (Wildman–Crippen MR) is 104 cm³/mol. The summed E-state index contributed by atoms with van der Waals surface area (Å²) in [6, 6.07) is 0. The lowest BCUT2D eigenvalue weighted by Gasteiger charge is -2.15. The molecule has 0 spiro atoms. The van der Waals surface area contributed by atoms with Crippen molar-refractivity contribution in [1.82, 2.24) is 0 Å². The van der Waals surface area contributed by atoms with Crippen molar-refractivity contribution in [3.05, 3.63) is 0 Å². The van der Waals surface area contributed by atoms with Crippen LogP contribution in [0.15, 0.2) is 0 Å². The summed E-state index contributed by atoms with van der Waals surface area (Å²) in [6.07, 6.45) is 15.9. The fourth-order valence-corrected chi connectivity index (χ4v) is 2.79. The third-order valence-electron chi connectivity index (χ3n) is 4.43. The lowest BCUT2D eigenvalue weighted by Crippen LogP contribution is -2.27. The number of esters is 1. The van der Waals surface area contributed by atoms with Gasteiger partial charge in [0.15, 0.2) is 0 Å². The van der Waals surface area contributed by atoms with Gasteiger partial charge in [-0.05, 0) is 12.8 Å². The van der Waals surface area contributed by atoms with Crippen LogP contribution in [0.1, 0.15) is 104 Å². The van der Waals surface area contributed by atoms with Crippen molar-refractivity contribution in [3.63, 3.8) is 0 Å². The average molecular weight is 359 g/mol. The van der Waals surface area contributed by atoms with Crippen LogP contribution in [0.2, 0.25) is 0 Å². The van der Waals surface area contributed by atoms with Crippen molar-refractivity contribution in [3.8, 4) is 0 Å². The van der Waals surface area contributed by atoms with Gasteiger partial charge in [0.05, 0.1) is 13.2 Å². The van der Waals surface area contributed by atoms with Gasteiger partial charge >= 0.3 is 5.97 Å². The molecule has 0 aliphatic rings. The second-order valence-corrected chi connectivity index (χ2v) is 7.01. The molecule has 1 unspecified atom stereocenters. The standard InChI is InChI=1S/C21H42O4/c1-3-5-7-8-9-10-11-12-13-15-17-24-19-20(18-22)25-21(23)16-14-6-4-2/h20,22H,3-19H2,1-2H3. The number of hydrogen-bond donors (Lipinski definition) is 1. The van der Waals surface area contributed by atoms with Crippen molar-refractivity contribution in [1.29, 1.82) is 0 Å². The molecular formula is C21H42O4. The van der Waals surface area contributed by atoms with E-state index in [0.717, 1.165) is 25.7 Å². The summed E-state index contributed by atoms with van der Waals surface area (Å²) in [5, 5.41) is 9.27. The molecule has 0 aliphatic heterocycles. The fraction of sp³-hybridized carbons (Fsp3) is 0.952. The van der Waals surface area contributed by atoms with E-state index in [2.05, 4.69) is 13.8 Å². The fourth-order valence-electron chi connectivity index (χ4n) is 2.79. The summed E-state index contributed by atoms with van der Waals surface area (Å²) in [6.45, 7) is 5.16. The second kappa shape index (κ2) is 19.7. The molecule has 0 amide bonds. The lowest BCUT2D eigenvalue weighted by molar-refractivity contribution is -0.154. The first kappa shape index (κ1) is 24.4. The van der Waals surface area contributed by atoms with E-state index >= 15 is 0 Å². The van der Waals surface area contributed by atoms with E-state index in [1.807, 2.05) is 0 Å². The molecule has 0 saturated heterocycles. The molecule has 1 N–H and O–H groups in total. The maximum atomic E-state index is 11.6. The van der Waals surface area contributed by atoms with E-state index in [-0.39, 0.29) is 12.6 Å². The Bertz CT molecular complexity index is 281. The first-order chi connectivity index (χ1) is 12.2. The number of aliphatic hydroxyl groups is 1. The van der Waals surface area contributed by atoms with Gasteiger partial charge in [-0.1, -0.05) is 84.5 Å². The van der Waals surface area contributed by atoms with Gasteiger partial charge in [-0.25, -0.2) is 0 Å². The van der Waals surface area contributed by atoms with E-state index in [9.17, 15) is 9.90 Å². The third kappa shape index (κ3) is 18.0. The van der Waals surface area contributed by atoms with Crippen LogP contribution in [0.3, 0.4) is 0 Å². The van der Waals surface area contributed by atoms with Crippen molar-refractivity contribution in [2.24, 2.45) is 0 Å². The molecule has 0 aliphatic carbocycles. The maximum absolute atomic E-state index is 11.6. The SMILES string of the molecule is CCCCCCCCCCCCOCC(CO)OC(=O)CCCCC. The first-order valence-electron chi connectivity index (χ1n) is 10.6. The van der Waals surface area contributed by atoms with Gasteiger partial charge in [0.25, 0.3) is 0 Å². The molecule has 0 bridgehead atoms. The molecule has 0 heterocycles. The number of ether oxygens (including phenoxy) is 2. The van der Waals surface area contributed by atoms with Crippen molar-refractivity contribution in [2.75, 3.05) is 19.8 Å². The van der Waals surface area contributed by atoms with Gasteiger partial charge < -0.3 is 14.6 Å². The van der Waals surface area contributed by atoms with Crippen LogP contribution < -0.4 is 0 Å². The van der Waals surface area contributed by atoms with Crippen molar-refractivity contribution < 1.29 is 19.4 Å². The Morgan fingerprint density at radius 3 is 1.88 bits per heavy atom. The van der Waals surface area contributed by atoms with Gasteiger partial charge in [0, 0.05) is 13.0 Å². The molecule has 4 nitrogen and oxygen atoms in total. The van der Waals surface area contributed by atoms with E-state index in [4.69, 9.17) is 9.47 Å². The Morgan fingerprint density at radius 1 is 0.800 bits per heavy atom. The van der Waals surface area contributed by atoms with Gasteiger partial charge in [-0.3, -0.25) is 4.79 Å². The summed E-state index contributed by atoms with van der Waals surface area (Å²) in [5.74, 6) is -0.227. The average Bonchev–Trinajstić information content (AvgIpc) is 2.61. The zero-order valence-corrected chi connectivity index (χ0v) is 16.8. The molecule has 0 aromatic carbocycles. The van der Waals surface area contributed by atoms with E-state index in [0.29, 0.717) is 19.6 Å². The van der Waals surface area contributed by atoms with E-state index in [1.54, 1.807) is 0 Å². The molecule has 0 saturated carbocycles. The molecule has 0 rings (SSSR count). The summed E-state index contributed by atoms with van der Waals surface area (Å²) in [5.41, 5.74) is 0. The summed E-state index contributed by atoms with van der Waals surface area (Å²) in [7, 11) is 0. The molecule has 0 aromatic rings. The Labute approximate surface area is 155 Å². The van der Waals surface area contributed by atoms with Gasteiger partial charge in [-0.2, -0.15) is 0 Å². The molecule has 0 radical (unpaired) electrons. The molecule has 150 valence electrons. The topological polar surface area (TPSA) is 55.8 Å². The monoisotopic (exact) mass is 358 g/mol. The van der Waals surface area contributed by atoms with Crippen LogP contribution in [0, 0.1) is 0 Å². The van der Waals surface area contributed by atoms with Crippen LogP contribution in [0.4, 0.5) is 0 Å². The molecule has 0 aromatic heterocycles. The van der Waals surface area contributed by atoms with Crippen molar-refractivity contribution >= 4 is 5.97 Å². The Kier molecular flexibility index (Phi) is 19.2. The minimum Gasteiger partial charge on any atom is -0.457 e. The Balaban J connectivity index is 3.39. The summed E-state index contributed by atoms with van der Waals surface area (Å²) < 4.78 is 10.8. The van der Waals surface area contributed by atoms with Gasteiger partial charge in [0.2, 0.25) is 0 Å². The Morgan fingerprint density at radius 2 is 1.32 bits per heavy atom. The normalized spacial score (nSPS) is 12.3. The maximum Gasteiger partial charge on any atom is 0.306 e. The highest BCUT2D eigenvalue weighted by atomic mass is 16.6. The molecule has 25 heavy (non-hydrogen) atoms. The highest BCUT2D eigenvalue weighted by molar-refractivity contribution is 5.69. The number of rotatable bonds is 19. The number of aliphatic hydroxyl groups excluding tert-OH is 1. The lowest BCUT2D eigenvalue weighted by atomic mass is 10.1. The minimum absolute atomic E-state index is 0.169. The summed E-state index contributed by atoms with van der Waals surface area (Å²) >= 11 is 0. The minimum atomic E-state index is -0.516. The molecule has 0 fully saturated rings. The Hall–Kier alpha value is -0.610. The molecule has 4 heteroatoms. The quantitative estimate of drug-likeness (QED) is 0.248. The smallest absolute Gasteiger partial charge is 0.306 e. The zero-order chi connectivity index (χ0) is 18.6. The molecule has 1 atom stereocenters. The van der Waals surface area contributed by atoms with E-state index < -0.39 is 6.10 Å². The largest absolute Gasteiger partial charge is 0.457 e. The first-order valence-corrected chi connectivity index (χ1v) is 10.6. The highest BCUT2D eigenvalue weighted by Crippen LogP contribution is 2.10. The number of unbranched alkanes of at least 4 members (excludes halogenated alkanes) is 11. The molecular weight excluding hydrogens is 316 g/mol. The zero-order valence-electron chi connectivity index (χ0n) is 16.8. The van der Waals surface area contributed by atoms with Crippen LogP contribution in [0.5, 0.6) is 0 Å².